The van der Waals surface area contributed by atoms with Crippen LogP contribution < -0.4 is 0 Å². The van der Waals surface area contributed by atoms with Gasteiger partial charge in [-0.25, -0.2) is 9.37 Å². The highest BCUT2D eigenvalue weighted by atomic mass is 35.5. The highest BCUT2D eigenvalue weighted by Gasteiger charge is 2.07. The van der Waals surface area contributed by atoms with Crippen molar-refractivity contribution in [3.8, 4) is 0 Å². The smallest absolute Gasteiger partial charge is 0.173 e. The van der Waals surface area contributed by atoms with Crippen LogP contribution in [-0.4, -0.2) is 16.5 Å². The SMILES string of the molecule is O=C(CSc1ccc(Cl)cn1)c1cccc(F)c1. The zero-order chi connectivity index (χ0) is 13.0. The van der Waals surface area contributed by atoms with E-state index < -0.39 is 5.82 Å². The number of benzene rings is 1. The number of carbonyl (C=O) groups excluding carboxylic acids is 1. The Balaban J connectivity index is 1.98. The molecule has 0 unspecified atom stereocenters. The number of hydrogen-bond acceptors (Lipinski definition) is 3. The Morgan fingerprint density at radius 3 is 2.83 bits per heavy atom. The average Bonchev–Trinajstić information content (AvgIpc) is 2.38. The van der Waals surface area contributed by atoms with E-state index in [2.05, 4.69) is 4.98 Å². The number of pyridine rings is 1. The van der Waals surface area contributed by atoms with Crippen molar-refractivity contribution >= 4 is 29.1 Å². The number of rotatable bonds is 4. The Morgan fingerprint density at radius 2 is 2.17 bits per heavy atom. The summed E-state index contributed by atoms with van der Waals surface area (Å²) < 4.78 is 12.9. The summed E-state index contributed by atoms with van der Waals surface area (Å²) in [5, 5.41) is 1.26. The minimum Gasteiger partial charge on any atom is -0.293 e. The zero-order valence-corrected chi connectivity index (χ0v) is 10.8. The normalized spacial score (nSPS) is 10.3. The summed E-state index contributed by atoms with van der Waals surface area (Å²) in [5.74, 6) is -0.315. The van der Waals surface area contributed by atoms with Crippen LogP contribution in [0.3, 0.4) is 0 Å². The van der Waals surface area contributed by atoms with Crippen molar-refractivity contribution in [3.63, 3.8) is 0 Å². The molecular formula is C13H9ClFNOS. The molecule has 0 atom stereocenters. The van der Waals surface area contributed by atoms with E-state index in [9.17, 15) is 9.18 Å². The molecule has 92 valence electrons. The van der Waals surface area contributed by atoms with Gasteiger partial charge in [0.15, 0.2) is 5.78 Å². The number of carbonyl (C=O) groups is 1. The van der Waals surface area contributed by atoms with E-state index in [-0.39, 0.29) is 11.5 Å². The molecule has 1 aromatic carbocycles. The molecule has 0 aliphatic heterocycles. The monoisotopic (exact) mass is 281 g/mol. The quantitative estimate of drug-likeness (QED) is 0.630. The van der Waals surface area contributed by atoms with Crippen LogP contribution in [0.25, 0.3) is 0 Å². The summed E-state index contributed by atoms with van der Waals surface area (Å²) >= 11 is 7.00. The molecule has 0 fully saturated rings. The number of hydrogen-bond donors (Lipinski definition) is 0. The van der Waals surface area contributed by atoms with Crippen LogP contribution in [-0.2, 0) is 0 Å². The number of halogens is 2. The minimum absolute atomic E-state index is 0.128. The summed E-state index contributed by atoms with van der Waals surface area (Å²) in [4.78, 5) is 15.9. The lowest BCUT2D eigenvalue weighted by Gasteiger charge is -2.01. The van der Waals surface area contributed by atoms with Gasteiger partial charge in [-0.15, -0.1) is 0 Å². The van der Waals surface area contributed by atoms with Gasteiger partial charge >= 0.3 is 0 Å². The largest absolute Gasteiger partial charge is 0.293 e. The van der Waals surface area contributed by atoms with Gasteiger partial charge in [-0.3, -0.25) is 4.79 Å². The number of Topliss-reactive ketones (excluding diaryl/α,β-unsaturated/α-hetero) is 1. The molecule has 2 rings (SSSR count). The third-order valence-corrected chi connectivity index (χ3v) is 3.37. The Morgan fingerprint density at radius 1 is 1.33 bits per heavy atom. The van der Waals surface area contributed by atoms with E-state index in [1.165, 1.54) is 36.2 Å². The fraction of sp³-hybridized carbons (Fsp3) is 0.0769. The Labute approximate surface area is 113 Å². The number of ketones is 1. The van der Waals surface area contributed by atoms with Crippen LogP contribution in [0.15, 0.2) is 47.6 Å². The summed E-state index contributed by atoms with van der Waals surface area (Å²) in [6.45, 7) is 0. The van der Waals surface area contributed by atoms with Gasteiger partial charge in [0.25, 0.3) is 0 Å². The van der Waals surface area contributed by atoms with E-state index in [0.29, 0.717) is 15.6 Å². The molecular weight excluding hydrogens is 273 g/mol. The maximum atomic E-state index is 12.9. The molecule has 5 heteroatoms. The van der Waals surface area contributed by atoms with Crippen LogP contribution in [0.2, 0.25) is 5.02 Å². The van der Waals surface area contributed by atoms with Crippen molar-refractivity contribution in [2.75, 3.05) is 5.75 Å². The molecule has 1 heterocycles. The van der Waals surface area contributed by atoms with Crippen molar-refractivity contribution in [1.29, 1.82) is 0 Å². The number of nitrogens with zero attached hydrogens (tertiary/aromatic N) is 1. The van der Waals surface area contributed by atoms with Crippen LogP contribution in [0.1, 0.15) is 10.4 Å². The van der Waals surface area contributed by atoms with Crippen molar-refractivity contribution < 1.29 is 9.18 Å². The van der Waals surface area contributed by atoms with Gasteiger partial charge in [0.05, 0.1) is 15.8 Å². The predicted molar refractivity (Wildman–Crippen MR) is 70.7 cm³/mol. The van der Waals surface area contributed by atoms with Gasteiger partial charge in [-0.05, 0) is 24.3 Å². The lowest BCUT2D eigenvalue weighted by molar-refractivity contribution is 0.102. The summed E-state index contributed by atoms with van der Waals surface area (Å²) in [5.41, 5.74) is 0.372. The van der Waals surface area contributed by atoms with Crippen LogP contribution >= 0.6 is 23.4 Å². The lowest BCUT2D eigenvalue weighted by atomic mass is 10.1. The first-order chi connectivity index (χ1) is 8.65. The van der Waals surface area contributed by atoms with Gasteiger partial charge in [-0.1, -0.05) is 35.5 Å². The molecule has 18 heavy (non-hydrogen) atoms. The van der Waals surface area contributed by atoms with Crippen molar-refractivity contribution in [3.05, 3.63) is 59.0 Å². The first-order valence-electron chi connectivity index (χ1n) is 5.18. The van der Waals surface area contributed by atoms with Crippen molar-refractivity contribution in [1.82, 2.24) is 4.98 Å². The van der Waals surface area contributed by atoms with Crippen molar-refractivity contribution in [2.24, 2.45) is 0 Å². The summed E-state index contributed by atoms with van der Waals surface area (Å²) in [7, 11) is 0. The van der Waals surface area contributed by atoms with E-state index in [1.54, 1.807) is 18.2 Å². The molecule has 2 nitrogen and oxygen atoms in total. The third kappa shape index (κ3) is 3.55. The summed E-state index contributed by atoms with van der Waals surface area (Å²) in [6, 6.07) is 9.12. The lowest BCUT2D eigenvalue weighted by Crippen LogP contribution is -2.02. The minimum atomic E-state index is -0.407. The molecule has 0 aliphatic rings. The highest BCUT2D eigenvalue weighted by molar-refractivity contribution is 7.99. The standard InChI is InChI=1S/C13H9ClFNOS/c14-10-4-5-13(16-7-10)18-8-12(17)9-2-1-3-11(15)6-9/h1-7H,8H2. The molecule has 0 saturated carbocycles. The Kier molecular flexibility index (Phi) is 4.33. The molecule has 0 amide bonds. The molecule has 0 bridgehead atoms. The second-order valence-corrected chi connectivity index (χ2v) is 4.97. The zero-order valence-electron chi connectivity index (χ0n) is 9.27. The van der Waals surface area contributed by atoms with Gasteiger partial charge in [0.2, 0.25) is 0 Å². The average molecular weight is 282 g/mol. The van der Waals surface area contributed by atoms with Gasteiger partial charge < -0.3 is 0 Å². The van der Waals surface area contributed by atoms with Crippen molar-refractivity contribution in [2.45, 2.75) is 5.03 Å². The molecule has 0 aliphatic carbocycles. The topological polar surface area (TPSA) is 30.0 Å². The predicted octanol–water partition coefficient (Wildman–Crippen LogP) is 3.85. The van der Waals surface area contributed by atoms with Crippen LogP contribution in [0.4, 0.5) is 4.39 Å². The molecule has 0 N–H and O–H groups in total. The van der Waals surface area contributed by atoms with E-state index in [0.717, 1.165) is 0 Å². The van der Waals surface area contributed by atoms with E-state index >= 15 is 0 Å². The van der Waals surface area contributed by atoms with E-state index in [1.807, 2.05) is 0 Å². The Hall–Kier alpha value is -1.39. The molecule has 2 aromatic rings. The Bertz CT molecular complexity index is 559. The fourth-order valence-corrected chi connectivity index (χ4v) is 2.18. The molecule has 1 aromatic heterocycles. The second-order valence-electron chi connectivity index (χ2n) is 3.54. The molecule has 0 saturated heterocycles. The van der Waals surface area contributed by atoms with Gasteiger partial charge in [-0.2, -0.15) is 0 Å². The number of aromatic nitrogens is 1. The highest BCUT2D eigenvalue weighted by Crippen LogP contribution is 2.18. The van der Waals surface area contributed by atoms with Gasteiger partial charge in [0, 0.05) is 11.8 Å². The maximum Gasteiger partial charge on any atom is 0.173 e. The second kappa shape index (κ2) is 5.98. The first kappa shape index (κ1) is 13.1. The fourth-order valence-electron chi connectivity index (χ4n) is 1.33. The first-order valence-corrected chi connectivity index (χ1v) is 6.54. The molecule has 0 spiro atoms. The van der Waals surface area contributed by atoms with E-state index in [4.69, 9.17) is 11.6 Å². The third-order valence-electron chi connectivity index (χ3n) is 2.20. The van der Waals surface area contributed by atoms with Crippen LogP contribution in [0.5, 0.6) is 0 Å². The maximum absolute atomic E-state index is 12.9. The van der Waals surface area contributed by atoms with Crippen LogP contribution in [0, 0.1) is 5.82 Å². The molecule has 0 radical (unpaired) electrons. The number of thioether (sulfide) groups is 1. The summed E-state index contributed by atoms with van der Waals surface area (Å²) in [6.07, 6.45) is 1.52. The van der Waals surface area contributed by atoms with Gasteiger partial charge in [0.1, 0.15) is 5.82 Å².